The molecule has 1 rings (SSSR count). The van der Waals surface area contributed by atoms with Crippen molar-refractivity contribution in [1.29, 1.82) is 0 Å². The molecule has 1 N–H and O–H groups in total. The van der Waals surface area contributed by atoms with Gasteiger partial charge in [-0.25, -0.2) is 0 Å². The third-order valence-corrected chi connectivity index (χ3v) is 4.44. The van der Waals surface area contributed by atoms with Gasteiger partial charge in [-0.05, 0) is 67.0 Å². The third kappa shape index (κ3) is 8.18. The van der Waals surface area contributed by atoms with Crippen molar-refractivity contribution in [3.8, 4) is 0 Å². The summed E-state index contributed by atoms with van der Waals surface area (Å²) in [5.41, 5.74) is 1.36. The first-order valence-corrected chi connectivity index (χ1v) is 9.18. The van der Waals surface area contributed by atoms with Crippen molar-refractivity contribution in [3.05, 3.63) is 34.9 Å². The minimum absolute atomic E-state index is 0.700. The fraction of sp³-hybridized carbons (Fsp3) is 0.647. The van der Waals surface area contributed by atoms with Crippen LogP contribution in [0.3, 0.4) is 0 Å². The van der Waals surface area contributed by atoms with E-state index in [-0.39, 0.29) is 0 Å². The maximum atomic E-state index is 6.08. The number of rotatable bonds is 10. The fourth-order valence-electron chi connectivity index (χ4n) is 2.24. The molecular weight excluding hydrogens is 286 g/mol. The van der Waals surface area contributed by atoms with Crippen LogP contribution in [-0.2, 0) is 6.42 Å². The van der Waals surface area contributed by atoms with Gasteiger partial charge in [-0.1, -0.05) is 44.5 Å². The van der Waals surface area contributed by atoms with Gasteiger partial charge in [-0.15, -0.1) is 0 Å². The first-order valence-electron chi connectivity index (χ1n) is 7.64. The Morgan fingerprint density at radius 3 is 2.70 bits per heavy atom. The van der Waals surface area contributed by atoms with Crippen molar-refractivity contribution in [3.63, 3.8) is 0 Å². The predicted molar refractivity (Wildman–Crippen MR) is 94.0 cm³/mol. The lowest BCUT2D eigenvalue weighted by Gasteiger charge is -2.18. The monoisotopic (exact) mass is 313 g/mol. The summed E-state index contributed by atoms with van der Waals surface area (Å²) in [6.07, 6.45) is 2.39. The highest BCUT2D eigenvalue weighted by molar-refractivity contribution is 7.99. The van der Waals surface area contributed by atoms with Gasteiger partial charge < -0.3 is 5.32 Å². The number of benzene rings is 1. The van der Waals surface area contributed by atoms with Gasteiger partial charge in [-0.3, -0.25) is 0 Å². The molecule has 1 nitrogen and oxygen atoms in total. The van der Waals surface area contributed by atoms with E-state index in [1.54, 1.807) is 0 Å². The van der Waals surface area contributed by atoms with Crippen LogP contribution in [0.2, 0.25) is 5.02 Å². The van der Waals surface area contributed by atoms with Gasteiger partial charge in [0.25, 0.3) is 0 Å². The second kappa shape index (κ2) is 10.5. The molecule has 0 radical (unpaired) electrons. The van der Waals surface area contributed by atoms with Gasteiger partial charge in [0.1, 0.15) is 0 Å². The summed E-state index contributed by atoms with van der Waals surface area (Å²) in [5, 5.41) is 4.45. The average Bonchev–Trinajstić information content (AvgIpc) is 2.38. The molecule has 114 valence electrons. The summed E-state index contributed by atoms with van der Waals surface area (Å²) in [7, 11) is 0. The molecule has 3 heteroatoms. The summed E-state index contributed by atoms with van der Waals surface area (Å²) in [4.78, 5) is 0. The van der Waals surface area contributed by atoms with Gasteiger partial charge >= 0.3 is 0 Å². The molecule has 0 aliphatic heterocycles. The Kier molecular flexibility index (Phi) is 9.41. The van der Waals surface area contributed by atoms with Crippen LogP contribution in [-0.4, -0.2) is 24.6 Å². The Balaban J connectivity index is 2.47. The lowest BCUT2D eigenvalue weighted by atomic mass is 9.96. The zero-order chi connectivity index (χ0) is 14.8. The zero-order valence-electron chi connectivity index (χ0n) is 13.0. The normalized spacial score (nSPS) is 12.8. The first-order chi connectivity index (χ1) is 9.61. The van der Waals surface area contributed by atoms with E-state index in [0.29, 0.717) is 11.8 Å². The average molecular weight is 314 g/mol. The molecule has 0 amide bonds. The van der Waals surface area contributed by atoms with Crippen LogP contribution in [0, 0.1) is 11.8 Å². The van der Waals surface area contributed by atoms with Crippen LogP contribution in [0.15, 0.2) is 24.3 Å². The first kappa shape index (κ1) is 17.9. The predicted octanol–water partition coefficient (Wildman–Crippen LogP) is 4.89. The second-order valence-corrected chi connectivity index (χ2v) is 7.57. The molecule has 1 aromatic rings. The van der Waals surface area contributed by atoms with Crippen LogP contribution in [0.1, 0.15) is 32.8 Å². The lowest BCUT2D eigenvalue weighted by molar-refractivity contribution is 0.440. The molecule has 0 bridgehead atoms. The Morgan fingerprint density at radius 2 is 2.05 bits per heavy atom. The van der Waals surface area contributed by atoms with Gasteiger partial charge in [0, 0.05) is 5.02 Å². The van der Waals surface area contributed by atoms with Crippen molar-refractivity contribution in [2.24, 2.45) is 11.8 Å². The Morgan fingerprint density at radius 1 is 1.25 bits per heavy atom. The molecule has 20 heavy (non-hydrogen) atoms. The SMILES string of the molecule is CCSCCC(CNCC(C)C)Cc1cccc(Cl)c1. The van der Waals surface area contributed by atoms with Crippen LogP contribution in [0.5, 0.6) is 0 Å². The lowest BCUT2D eigenvalue weighted by Crippen LogP contribution is -2.28. The summed E-state index contributed by atoms with van der Waals surface area (Å²) in [6.45, 7) is 8.95. The molecule has 1 aromatic carbocycles. The van der Waals surface area contributed by atoms with E-state index in [1.807, 2.05) is 17.8 Å². The molecule has 0 aliphatic carbocycles. The fourth-order valence-corrected chi connectivity index (χ4v) is 3.25. The molecule has 0 saturated carbocycles. The maximum Gasteiger partial charge on any atom is 0.0408 e. The van der Waals surface area contributed by atoms with E-state index in [1.165, 1.54) is 23.5 Å². The van der Waals surface area contributed by atoms with Crippen molar-refractivity contribution < 1.29 is 0 Å². The van der Waals surface area contributed by atoms with Gasteiger partial charge in [0.2, 0.25) is 0 Å². The van der Waals surface area contributed by atoms with Gasteiger partial charge in [-0.2, -0.15) is 11.8 Å². The third-order valence-electron chi connectivity index (χ3n) is 3.27. The Labute approximate surface area is 133 Å². The molecule has 0 spiro atoms. The highest BCUT2D eigenvalue weighted by Gasteiger charge is 2.10. The minimum atomic E-state index is 0.700. The Bertz CT molecular complexity index is 368. The summed E-state index contributed by atoms with van der Waals surface area (Å²) in [5.74, 6) is 3.88. The van der Waals surface area contributed by atoms with E-state index in [0.717, 1.165) is 24.5 Å². The van der Waals surface area contributed by atoms with Crippen LogP contribution >= 0.6 is 23.4 Å². The number of nitrogens with one attached hydrogen (secondary N) is 1. The van der Waals surface area contributed by atoms with E-state index >= 15 is 0 Å². The number of thioether (sulfide) groups is 1. The van der Waals surface area contributed by atoms with Crippen LogP contribution in [0.25, 0.3) is 0 Å². The minimum Gasteiger partial charge on any atom is -0.316 e. The van der Waals surface area contributed by atoms with Crippen molar-refractivity contribution in [2.75, 3.05) is 24.6 Å². The molecule has 0 fully saturated rings. The highest BCUT2D eigenvalue weighted by atomic mass is 35.5. The molecule has 0 saturated heterocycles. The largest absolute Gasteiger partial charge is 0.316 e. The summed E-state index contributed by atoms with van der Waals surface area (Å²) < 4.78 is 0. The van der Waals surface area contributed by atoms with E-state index in [4.69, 9.17) is 11.6 Å². The number of halogens is 1. The smallest absolute Gasteiger partial charge is 0.0408 e. The van der Waals surface area contributed by atoms with Gasteiger partial charge in [0.15, 0.2) is 0 Å². The second-order valence-electron chi connectivity index (χ2n) is 5.74. The van der Waals surface area contributed by atoms with E-state index in [9.17, 15) is 0 Å². The van der Waals surface area contributed by atoms with E-state index < -0.39 is 0 Å². The molecule has 0 heterocycles. The van der Waals surface area contributed by atoms with E-state index in [2.05, 4.69) is 44.3 Å². The zero-order valence-corrected chi connectivity index (χ0v) is 14.6. The maximum absolute atomic E-state index is 6.08. The molecular formula is C17H28ClNS. The molecule has 0 aromatic heterocycles. The number of hydrogen-bond donors (Lipinski definition) is 1. The molecule has 1 unspecified atom stereocenters. The summed E-state index contributed by atoms with van der Waals surface area (Å²) >= 11 is 8.12. The Hall–Kier alpha value is -0.180. The van der Waals surface area contributed by atoms with Gasteiger partial charge in [0.05, 0.1) is 0 Å². The highest BCUT2D eigenvalue weighted by Crippen LogP contribution is 2.18. The molecule has 0 aliphatic rings. The molecule has 1 atom stereocenters. The van der Waals surface area contributed by atoms with Crippen LogP contribution in [0.4, 0.5) is 0 Å². The topological polar surface area (TPSA) is 12.0 Å². The van der Waals surface area contributed by atoms with Crippen molar-refractivity contribution in [2.45, 2.75) is 33.6 Å². The quantitative estimate of drug-likeness (QED) is 0.617. The summed E-state index contributed by atoms with van der Waals surface area (Å²) in [6, 6.07) is 8.29. The van der Waals surface area contributed by atoms with Crippen molar-refractivity contribution in [1.82, 2.24) is 5.32 Å². The van der Waals surface area contributed by atoms with Crippen LogP contribution < -0.4 is 5.32 Å². The van der Waals surface area contributed by atoms with Crippen molar-refractivity contribution >= 4 is 23.4 Å². The number of hydrogen-bond acceptors (Lipinski definition) is 2. The standard InChI is InChI=1S/C17H28ClNS/c1-4-20-9-8-16(13-19-12-14(2)3)10-15-6-5-7-17(18)11-15/h5-7,11,14,16,19H,4,8-10,12-13H2,1-3H3.